The van der Waals surface area contributed by atoms with Gasteiger partial charge < -0.3 is 0 Å². The minimum absolute atomic E-state index is 0.173. The molecule has 0 spiro atoms. The summed E-state index contributed by atoms with van der Waals surface area (Å²) in [5, 5.41) is 0. The van der Waals surface area contributed by atoms with Crippen LogP contribution in [0.1, 0.15) is 17.5 Å². The fraction of sp³-hybridized carbons (Fsp3) is 0.316. The lowest BCUT2D eigenvalue weighted by Gasteiger charge is -2.30. The molecule has 0 amide bonds. The van der Waals surface area contributed by atoms with Crippen molar-refractivity contribution in [2.75, 3.05) is 10.8 Å². The highest BCUT2D eigenvalue weighted by Crippen LogP contribution is 2.33. The highest BCUT2D eigenvalue weighted by molar-refractivity contribution is 7.92. The summed E-state index contributed by atoms with van der Waals surface area (Å²) in [6, 6.07) is 10.8. The normalized spacial score (nSPS) is 14.7. The van der Waals surface area contributed by atoms with Crippen LogP contribution in [-0.4, -0.2) is 24.1 Å². The number of imidazole rings is 1. The van der Waals surface area contributed by atoms with Crippen molar-refractivity contribution >= 4 is 26.7 Å². The predicted octanol–water partition coefficient (Wildman–Crippen LogP) is 2.33. The molecule has 1 aromatic heterocycles. The van der Waals surface area contributed by atoms with Gasteiger partial charge in [-0.3, -0.25) is 13.4 Å². The molecule has 0 aliphatic carbocycles. The summed E-state index contributed by atoms with van der Waals surface area (Å²) >= 11 is 0. The Labute approximate surface area is 152 Å². The fourth-order valence-electron chi connectivity index (χ4n) is 3.72. The van der Waals surface area contributed by atoms with Crippen LogP contribution in [0.2, 0.25) is 0 Å². The third-order valence-corrected chi connectivity index (χ3v) is 6.95. The highest BCUT2D eigenvalue weighted by Gasteiger charge is 2.29. The molecule has 0 saturated carbocycles. The number of sulfonamides is 1. The number of anilines is 1. The molecule has 1 aliphatic rings. The van der Waals surface area contributed by atoms with Crippen molar-refractivity contribution in [3.63, 3.8) is 0 Å². The van der Waals surface area contributed by atoms with Crippen molar-refractivity contribution < 1.29 is 8.42 Å². The molecule has 0 radical (unpaired) electrons. The molecule has 0 unspecified atom stereocenters. The zero-order valence-electron chi connectivity index (χ0n) is 15.1. The number of benzene rings is 2. The topological polar surface area (TPSA) is 64.3 Å². The first kappa shape index (κ1) is 16.9. The number of hydrogen-bond donors (Lipinski definition) is 0. The molecule has 136 valence electrons. The summed E-state index contributed by atoms with van der Waals surface area (Å²) < 4.78 is 31.1. The Morgan fingerprint density at radius 2 is 1.69 bits per heavy atom. The summed E-state index contributed by atoms with van der Waals surface area (Å²) in [6.45, 7) is 2.47. The molecule has 3 aromatic rings. The summed E-state index contributed by atoms with van der Waals surface area (Å²) in [5.74, 6) is 0. The van der Waals surface area contributed by atoms with Gasteiger partial charge in [-0.25, -0.2) is 13.2 Å². The SMILES string of the molecule is Cc1ccc2c(c1)CCCN2S(=O)(=O)c1ccc2c(c1)n(C)c(=O)n2C. The minimum Gasteiger partial charge on any atom is -0.295 e. The van der Waals surface area contributed by atoms with Gasteiger partial charge in [0.25, 0.3) is 10.0 Å². The van der Waals surface area contributed by atoms with Crippen LogP contribution in [-0.2, 0) is 30.5 Å². The van der Waals surface area contributed by atoms with Crippen molar-refractivity contribution in [3.8, 4) is 0 Å². The van der Waals surface area contributed by atoms with E-state index in [4.69, 9.17) is 0 Å². The maximum atomic E-state index is 13.3. The molecule has 2 heterocycles. The van der Waals surface area contributed by atoms with E-state index < -0.39 is 10.0 Å². The molecule has 0 fully saturated rings. The van der Waals surface area contributed by atoms with E-state index in [9.17, 15) is 13.2 Å². The van der Waals surface area contributed by atoms with Gasteiger partial charge in [-0.1, -0.05) is 17.7 Å². The second-order valence-electron chi connectivity index (χ2n) is 6.86. The van der Waals surface area contributed by atoms with E-state index in [1.54, 1.807) is 32.3 Å². The van der Waals surface area contributed by atoms with Crippen molar-refractivity contribution in [2.24, 2.45) is 14.1 Å². The van der Waals surface area contributed by atoms with E-state index in [1.807, 2.05) is 19.1 Å². The van der Waals surface area contributed by atoms with Crippen molar-refractivity contribution in [3.05, 3.63) is 58.0 Å². The zero-order chi connectivity index (χ0) is 18.6. The Kier molecular flexibility index (Phi) is 3.73. The van der Waals surface area contributed by atoms with Crippen molar-refractivity contribution in [1.82, 2.24) is 9.13 Å². The third-order valence-electron chi connectivity index (χ3n) is 5.14. The monoisotopic (exact) mass is 371 g/mol. The Morgan fingerprint density at radius 1 is 0.962 bits per heavy atom. The molecule has 26 heavy (non-hydrogen) atoms. The standard InChI is InChI=1S/C19H21N3O3S/c1-13-6-8-16-14(11-13)5-4-10-22(16)26(24,25)15-7-9-17-18(12-15)21(3)19(23)20(17)2/h6-9,11-12H,4-5,10H2,1-3H3. The van der Waals surface area contributed by atoms with Crippen LogP contribution in [0, 0.1) is 6.92 Å². The average molecular weight is 371 g/mol. The van der Waals surface area contributed by atoms with E-state index in [2.05, 4.69) is 6.07 Å². The Hall–Kier alpha value is -2.54. The van der Waals surface area contributed by atoms with Gasteiger partial charge in [-0.2, -0.15) is 0 Å². The lowest BCUT2D eigenvalue weighted by atomic mass is 10.0. The molecule has 6 nitrogen and oxygen atoms in total. The molecule has 7 heteroatoms. The van der Waals surface area contributed by atoms with Gasteiger partial charge in [-0.05, 0) is 49.6 Å². The smallest absolute Gasteiger partial charge is 0.295 e. The van der Waals surface area contributed by atoms with Gasteiger partial charge >= 0.3 is 5.69 Å². The van der Waals surface area contributed by atoms with Gasteiger partial charge in [0.15, 0.2) is 0 Å². The maximum absolute atomic E-state index is 13.3. The maximum Gasteiger partial charge on any atom is 0.328 e. The molecular formula is C19H21N3O3S. The minimum atomic E-state index is -3.69. The number of hydrogen-bond acceptors (Lipinski definition) is 3. The third kappa shape index (κ3) is 2.38. The Bertz CT molecular complexity index is 1190. The largest absolute Gasteiger partial charge is 0.328 e. The highest BCUT2D eigenvalue weighted by atomic mass is 32.2. The first-order valence-electron chi connectivity index (χ1n) is 8.58. The van der Waals surface area contributed by atoms with Gasteiger partial charge in [0.05, 0.1) is 21.6 Å². The first-order chi connectivity index (χ1) is 12.3. The number of nitrogens with zero attached hydrogens (tertiary/aromatic N) is 3. The van der Waals surface area contributed by atoms with Gasteiger partial charge in [0.1, 0.15) is 0 Å². The van der Waals surface area contributed by atoms with Gasteiger partial charge in [0, 0.05) is 20.6 Å². The molecule has 1 aliphatic heterocycles. The van der Waals surface area contributed by atoms with Crippen LogP contribution in [0.25, 0.3) is 11.0 Å². The molecule has 4 rings (SSSR count). The summed E-state index contributed by atoms with van der Waals surface area (Å²) in [5.41, 5.74) is 4.10. The fourth-order valence-corrected chi connectivity index (χ4v) is 5.28. The van der Waals surface area contributed by atoms with Crippen LogP contribution in [0.15, 0.2) is 46.1 Å². The lowest BCUT2D eigenvalue weighted by Crippen LogP contribution is -2.35. The van der Waals surface area contributed by atoms with Crippen LogP contribution < -0.4 is 9.99 Å². The second-order valence-corrected chi connectivity index (χ2v) is 8.73. The molecule has 0 N–H and O–H groups in total. The van der Waals surface area contributed by atoms with E-state index >= 15 is 0 Å². The van der Waals surface area contributed by atoms with Gasteiger partial charge in [0.2, 0.25) is 0 Å². The molecule has 0 bridgehead atoms. The number of fused-ring (bicyclic) bond motifs is 2. The number of rotatable bonds is 2. The summed E-state index contributed by atoms with van der Waals surface area (Å²) in [4.78, 5) is 12.3. The van der Waals surface area contributed by atoms with Crippen LogP contribution in [0.4, 0.5) is 5.69 Å². The summed E-state index contributed by atoms with van der Waals surface area (Å²) in [7, 11) is -0.356. The number of aryl methyl sites for hydroxylation is 4. The lowest BCUT2D eigenvalue weighted by molar-refractivity contribution is 0.586. The molecule has 0 saturated heterocycles. The molecule has 0 atom stereocenters. The van der Waals surface area contributed by atoms with Crippen LogP contribution in [0.3, 0.4) is 0 Å². The Balaban J connectivity index is 1.87. The second kappa shape index (κ2) is 5.74. The number of aromatic nitrogens is 2. The van der Waals surface area contributed by atoms with Crippen LogP contribution in [0.5, 0.6) is 0 Å². The zero-order valence-corrected chi connectivity index (χ0v) is 15.9. The first-order valence-corrected chi connectivity index (χ1v) is 10.0. The molecular weight excluding hydrogens is 350 g/mol. The molecule has 2 aromatic carbocycles. The Morgan fingerprint density at radius 3 is 2.46 bits per heavy atom. The average Bonchev–Trinajstić information content (AvgIpc) is 2.85. The van der Waals surface area contributed by atoms with E-state index in [0.717, 1.165) is 29.7 Å². The van der Waals surface area contributed by atoms with E-state index in [1.165, 1.54) is 13.4 Å². The summed E-state index contributed by atoms with van der Waals surface area (Å²) in [6.07, 6.45) is 1.68. The van der Waals surface area contributed by atoms with E-state index in [0.29, 0.717) is 17.6 Å². The van der Waals surface area contributed by atoms with E-state index in [-0.39, 0.29) is 10.6 Å². The predicted molar refractivity (Wildman–Crippen MR) is 102 cm³/mol. The van der Waals surface area contributed by atoms with Crippen molar-refractivity contribution in [1.29, 1.82) is 0 Å². The van der Waals surface area contributed by atoms with Gasteiger partial charge in [-0.15, -0.1) is 0 Å². The van der Waals surface area contributed by atoms with Crippen LogP contribution >= 0.6 is 0 Å². The van der Waals surface area contributed by atoms with Crippen molar-refractivity contribution in [2.45, 2.75) is 24.7 Å². The quantitative estimate of drug-likeness (QED) is 0.694.